The number of rotatable bonds is 16. The molecule has 53 heavy (non-hydrogen) atoms. The molecule has 292 valence electrons. The summed E-state index contributed by atoms with van der Waals surface area (Å²) in [4.78, 5) is 67.0. The number of amides is 4. The number of halogens is 6. The molecule has 1 heterocycles. The number of benzene rings is 2. The standard InChI is InChI=1S/C33H38ClF5N4O9S/c1-17(2)25(27(44)33(38,39)31(48)40-16-32(35,36)37)42-29(46)24-13-20(26(53(49)50)18-8-10-22(52-4)11-9-18)14-43(24)30(47)23(15-51-3)41-28(45)19-6-5-7-21(34)12-19/h5-12,17,20,23-26,53H,13-16H2,1-4H3,(H,40,48)(H,41,45)(H,42,46)/t20-,23+,24+,25+,26?/m1/s1. The summed E-state index contributed by atoms with van der Waals surface area (Å²) in [6.07, 6.45) is -5.46. The number of nitrogens with zero attached hydrogens (tertiary/aromatic N) is 1. The first kappa shape index (κ1) is 43.0. The minimum Gasteiger partial charge on any atom is -0.497 e. The maximum absolute atomic E-state index is 14.9. The maximum atomic E-state index is 14.9. The highest BCUT2D eigenvalue weighted by molar-refractivity contribution is 7.72. The van der Waals surface area contributed by atoms with E-state index in [1.165, 1.54) is 76.6 Å². The molecular formula is C33H38ClF5N4O9S. The predicted octanol–water partition coefficient (Wildman–Crippen LogP) is 2.69. The largest absolute Gasteiger partial charge is 0.497 e. The first-order chi connectivity index (χ1) is 24.7. The van der Waals surface area contributed by atoms with Gasteiger partial charge in [0.15, 0.2) is 0 Å². The lowest BCUT2D eigenvalue weighted by Crippen LogP contribution is -2.60. The summed E-state index contributed by atoms with van der Waals surface area (Å²) in [6, 6.07) is 6.36. The van der Waals surface area contributed by atoms with Crippen molar-refractivity contribution in [1.82, 2.24) is 20.9 Å². The van der Waals surface area contributed by atoms with Crippen molar-refractivity contribution in [3.8, 4) is 5.75 Å². The van der Waals surface area contributed by atoms with Gasteiger partial charge in [-0.3, -0.25) is 24.0 Å². The lowest BCUT2D eigenvalue weighted by atomic mass is 9.93. The molecule has 0 bridgehead atoms. The van der Waals surface area contributed by atoms with Crippen LogP contribution in [0.4, 0.5) is 22.0 Å². The molecule has 5 atom stereocenters. The Morgan fingerprint density at radius 3 is 2.15 bits per heavy atom. The van der Waals surface area contributed by atoms with Crippen LogP contribution in [0.25, 0.3) is 0 Å². The lowest BCUT2D eigenvalue weighted by Gasteiger charge is -2.31. The Balaban J connectivity index is 2.00. The van der Waals surface area contributed by atoms with Gasteiger partial charge in [0.25, 0.3) is 11.8 Å². The number of hydrogen-bond acceptors (Lipinski definition) is 9. The highest BCUT2D eigenvalue weighted by atomic mass is 35.5. The Morgan fingerprint density at radius 2 is 1.62 bits per heavy atom. The average Bonchev–Trinajstić information content (AvgIpc) is 3.53. The van der Waals surface area contributed by atoms with E-state index in [0.717, 1.165) is 10.2 Å². The van der Waals surface area contributed by atoms with Crippen LogP contribution in [0.2, 0.25) is 5.02 Å². The smallest absolute Gasteiger partial charge is 0.405 e. The van der Waals surface area contributed by atoms with Crippen LogP contribution in [0.1, 0.15) is 41.4 Å². The summed E-state index contributed by atoms with van der Waals surface area (Å²) >= 11 is 5.99. The Morgan fingerprint density at radius 1 is 0.981 bits per heavy atom. The molecule has 4 amide bonds. The van der Waals surface area contributed by atoms with Crippen molar-refractivity contribution in [1.29, 1.82) is 0 Å². The number of ketones is 1. The molecule has 3 rings (SSSR count). The summed E-state index contributed by atoms with van der Waals surface area (Å²) in [5.74, 6) is -14.5. The van der Waals surface area contributed by atoms with Gasteiger partial charge < -0.3 is 30.3 Å². The van der Waals surface area contributed by atoms with Gasteiger partial charge in [0.05, 0.1) is 25.0 Å². The van der Waals surface area contributed by atoms with E-state index in [9.17, 15) is 54.3 Å². The SMILES string of the molecule is COC[C@H](NC(=O)c1cccc(Cl)c1)C(=O)N1C[C@H](C(c2ccc(OC)cc2)[SH](=O)=O)C[C@H]1C(=O)N[C@H](C(=O)C(F)(F)C(=O)NCC(F)(F)F)C(C)C. The van der Waals surface area contributed by atoms with Crippen molar-refractivity contribution < 1.29 is 63.8 Å². The monoisotopic (exact) mass is 796 g/mol. The predicted molar refractivity (Wildman–Crippen MR) is 180 cm³/mol. The fourth-order valence-electron chi connectivity index (χ4n) is 5.75. The second-order valence-corrected chi connectivity index (χ2v) is 14.0. The fourth-order valence-corrected chi connectivity index (χ4v) is 6.92. The number of hydrogen-bond donors (Lipinski definition) is 4. The van der Waals surface area contributed by atoms with Crippen molar-refractivity contribution in [2.24, 2.45) is 11.8 Å². The van der Waals surface area contributed by atoms with Crippen molar-refractivity contribution in [2.75, 3.05) is 33.9 Å². The molecule has 1 fully saturated rings. The molecule has 13 nitrogen and oxygen atoms in total. The summed E-state index contributed by atoms with van der Waals surface area (Å²) in [6.45, 7) is -0.573. The zero-order valence-electron chi connectivity index (χ0n) is 28.7. The van der Waals surface area contributed by atoms with Gasteiger partial charge >= 0.3 is 12.1 Å². The molecule has 2 aromatic rings. The van der Waals surface area contributed by atoms with E-state index in [4.69, 9.17) is 21.1 Å². The van der Waals surface area contributed by atoms with E-state index in [2.05, 4.69) is 10.6 Å². The molecule has 0 aliphatic carbocycles. The fraction of sp³-hybridized carbons (Fsp3) is 0.485. The second-order valence-electron chi connectivity index (χ2n) is 12.5. The third-order valence-electron chi connectivity index (χ3n) is 8.36. The number of nitrogens with one attached hydrogen (secondary N) is 3. The number of carbonyl (C=O) groups excluding carboxylic acids is 5. The lowest BCUT2D eigenvalue weighted by molar-refractivity contribution is -0.165. The van der Waals surface area contributed by atoms with E-state index in [1.54, 1.807) is 0 Å². The van der Waals surface area contributed by atoms with Crippen LogP contribution in [-0.2, 0) is 34.6 Å². The topological polar surface area (TPSA) is 177 Å². The molecule has 0 radical (unpaired) electrons. The summed E-state index contributed by atoms with van der Waals surface area (Å²) in [5, 5.41) is 4.45. The van der Waals surface area contributed by atoms with Gasteiger partial charge in [0.1, 0.15) is 35.1 Å². The van der Waals surface area contributed by atoms with E-state index < -0.39 is 107 Å². The molecule has 0 spiro atoms. The Hall–Kier alpha value is -4.36. The first-order valence-corrected chi connectivity index (χ1v) is 17.5. The van der Waals surface area contributed by atoms with Gasteiger partial charge in [-0.1, -0.05) is 43.6 Å². The molecule has 1 aliphatic rings. The first-order valence-electron chi connectivity index (χ1n) is 15.9. The Kier molecular flexibility index (Phi) is 14.7. The number of Topliss-reactive ketones (excluding diaryl/α,β-unsaturated/α-hetero) is 1. The van der Waals surface area contributed by atoms with Gasteiger partial charge in [-0.15, -0.1) is 0 Å². The van der Waals surface area contributed by atoms with E-state index in [-0.39, 0.29) is 22.6 Å². The average molecular weight is 797 g/mol. The van der Waals surface area contributed by atoms with Gasteiger partial charge in [0, 0.05) is 24.2 Å². The third-order valence-corrected chi connectivity index (χ3v) is 9.77. The van der Waals surface area contributed by atoms with Gasteiger partial charge in [-0.05, 0) is 54.2 Å². The van der Waals surface area contributed by atoms with E-state index >= 15 is 0 Å². The van der Waals surface area contributed by atoms with Crippen molar-refractivity contribution in [2.45, 2.75) is 55.7 Å². The molecule has 2 aromatic carbocycles. The van der Waals surface area contributed by atoms with E-state index in [1.807, 2.05) is 0 Å². The van der Waals surface area contributed by atoms with Gasteiger partial charge in [0.2, 0.25) is 17.6 Å². The molecule has 1 aliphatic heterocycles. The highest BCUT2D eigenvalue weighted by Gasteiger charge is 2.53. The van der Waals surface area contributed by atoms with Crippen molar-refractivity contribution in [3.05, 3.63) is 64.7 Å². The maximum Gasteiger partial charge on any atom is 0.405 e. The molecule has 1 unspecified atom stereocenters. The Bertz CT molecular complexity index is 1740. The molecule has 20 heteroatoms. The second kappa shape index (κ2) is 18.1. The summed E-state index contributed by atoms with van der Waals surface area (Å²) in [5.41, 5.74) is 0.323. The number of carbonyl (C=O) groups is 5. The van der Waals surface area contributed by atoms with Crippen LogP contribution in [0.3, 0.4) is 0 Å². The molecule has 0 aromatic heterocycles. The van der Waals surface area contributed by atoms with Crippen molar-refractivity contribution >= 4 is 51.7 Å². The van der Waals surface area contributed by atoms with Crippen LogP contribution in [-0.4, -0.2) is 107 Å². The zero-order chi connectivity index (χ0) is 39.8. The van der Waals surface area contributed by atoms with E-state index in [0.29, 0.717) is 5.75 Å². The molecule has 3 N–H and O–H groups in total. The summed E-state index contributed by atoms with van der Waals surface area (Å²) < 4.78 is 103. The van der Waals surface area contributed by atoms with Crippen LogP contribution in [0, 0.1) is 11.8 Å². The number of alkyl halides is 5. The van der Waals surface area contributed by atoms with Crippen LogP contribution < -0.4 is 20.7 Å². The number of ether oxygens (including phenoxy) is 2. The van der Waals surface area contributed by atoms with Gasteiger partial charge in [-0.2, -0.15) is 22.0 Å². The third kappa shape index (κ3) is 11.1. The minimum absolute atomic E-state index is 0.0569. The quantitative estimate of drug-likeness (QED) is 0.113. The summed E-state index contributed by atoms with van der Waals surface area (Å²) in [7, 11) is -0.667. The zero-order valence-corrected chi connectivity index (χ0v) is 30.4. The van der Waals surface area contributed by atoms with Crippen LogP contribution >= 0.6 is 11.6 Å². The molecule has 0 saturated carbocycles. The molecule has 1 saturated heterocycles. The highest BCUT2D eigenvalue weighted by Crippen LogP contribution is 2.37. The minimum atomic E-state index is -5.07. The van der Waals surface area contributed by atoms with Gasteiger partial charge in [-0.25, -0.2) is 8.42 Å². The van der Waals surface area contributed by atoms with Crippen LogP contribution in [0.15, 0.2) is 48.5 Å². The number of methoxy groups -OCH3 is 2. The number of thiol groups is 1. The Labute approximate surface area is 307 Å². The van der Waals surface area contributed by atoms with Crippen molar-refractivity contribution in [3.63, 3.8) is 0 Å². The van der Waals surface area contributed by atoms with Crippen LogP contribution in [0.5, 0.6) is 5.75 Å². The number of likely N-dealkylation sites (tertiary alicyclic amines) is 1. The normalized spacial score (nSPS) is 17.9. The molecular weight excluding hydrogens is 759 g/mol.